The van der Waals surface area contributed by atoms with Crippen LogP contribution in [0.3, 0.4) is 0 Å². The molecule has 106 valence electrons. The molecule has 2 unspecified atom stereocenters. The lowest BCUT2D eigenvalue weighted by Gasteiger charge is -2.35. The number of hydrogen-bond donors (Lipinski definition) is 1. The van der Waals surface area contributed by atoms with E-state index in [9.17, 15) is 0 Å². The summed E-state index contributed by atoms with van der Waals surface area (Å²) in [6.45, 7) is 9.34. The minimum Gasteiger partial charge on any atom is -0.380 e. The maximum absolute atomic E-state index is 5.84. The van der Waals surface area contributed by atoms with E-state index < -0.39 is 0 Å². The number of hydrogen-bond acceptors (Lipinski definition) is 2. The van der Waals surface area contributed by atoms with E-state index in [4.69, 9.17) is 4.74 Å². The highest BCUT2D eigenvalue weighted by Gasteiger charge is 2.29. The first-order valence-electron chi connectivity index (χ1n) is 7.59. The average molecular weight is 253 g/mol. The molecular weight excluding hydrogens is 222 g/mol. The molecule has 1 rings (SSSR count). The highest BCUT2D eigenvalue weighted by molar-refractivity contribution is 4.92. The van der Waals surface area contributed by atoms with Crippen LogP contribution in [0, 0.1) is 5.92 Å². The summed E-state index contributed by atoms with van der Waals surface area (Å²) < 4.78 is 5.84. The van der Waals surface area contributed by atoms with E-state index in [-0.39, 0.29) is 0 Å². The van der Waals surface area contributed by atoms with Crippen LogP contribution >= 0.6 is 0 Å². The Bertz CT molecular complexity index is 233. The molecule has 1 aliphatic rings. The molecule has 1 saturated carbocycles. The number of allylic oxidation sites excluding steroid dienone is 1. The van der Waals surface area contributed by atoms with Gasteiger partial charge in [-0.3, -0.25) is 0 Å². The molecule has 0 aromatic rings. The number of ether oxygens (including phenoxy) is 1. The van der Waals surface area contributed by atoms with E-state index in [1.165, 1.54) is 37.7 Å². The van der Waals surface area contributed by atoms with Gasteiger partial charge in [0, 0.05) is 13.2 Å². The summed E-state index contributed by atoms with van der Waals surface area (Å²) in [5.41, 5.74) is 1.27. The summed E-state index contributed by atoms with van der Waals surface area (Å²) in [5.74, 6) is 0.748. The molecule has 0 radical (unpaired) electrons. The van der Waals surface area contributed by atoms with Gasteiger partial charge in [0.1, 0.15) is 0 Å². The van der Waals surface area contributed by atoms with Gasteiger partial charge in [0.05, 0.1) is 6.10 Å². The van der Waals surface area contributed by atoms with Gasteiger partial charge in [-0.1, -0.05) is 31.8 Å². The molecule has 2 heteroatoms. The van der Waals surface area contributed by atoms with Crippen LogP contribution in [-0.2, 0) is 4.74 Å². The van der Waals surface area contributed by atoms with Crippen molar-refractivity contribution in [1.82, 2.24) is 5.32 Å². The second kappa shape index (κ2) is 8.71. The van der Waals surface area contributed by atoms with E-state index in [0.717, 1.165) is 25.3 Å². The zero-order valence-corrected chi connectivity index (χ0v) is 12.5. The van der Waals surface area contributed by atoms with E-state index in [1.54, 1.807) is 0 Å². The summed E-state index contributed by atoms with van der Waals surface area (Å²) >= 11 is 0. The molecule has 1 N–H and O–H groups in total. The maximum atomic E-state index is 5.84. The molecule has 1 aliphatic carbocycles. The highest BCUT2D eigenvalue weighted by atomic mass is 16.5. The SMILES string of the molecule is C=C(C)CCC(NCC)C(OC)C1CCCCC1. The number of methoxy groups -OCH3 is 1. The molecule has 0 aromatic carbocycles. The van der Waals surface area contributed by atoms with Crippen LogP contribution in [0.25, 0.3) is 0 Å². The molecule has 0 aliphatic heterocycles. The monoisotopic (exact) mass is 253 g/mol. The van der Waals surface area contributed by atoms with Crippen molar-refractivity contribution < 1.29 is 4.74 Å². The van der Waals surface area contributed by atoms with Crippen LogP contribution in [0.15, 0.2) is 12.2 Å². The Hall–Kier alpha value is -0.340. The third-order valence-electron chi connectivity index (χ3n) is 4.13. The van der Waals surface area contributed by atoms with Gasteiger partial charge in [-0.15, -0.1) is 6.58 Å². The van der Waals surface area contributed by atoms with Crippen LogP contribution in [0.5, 0.6) is 0 Å². The minimum absolute atomic E-state index is 0.379. The first-order chi connectivity index (χ1) is 8.69. The van der Waals surface area contributed by atoms with E-state index in [2.05, 4.69) is 25.7 Å². The fourth-order valence-corrected chi connectivity index (χ4v) is 3.19. The standard InChI is InChI=1S/C16H31NO/c1-5-17-15(12-11-13(2)3)16(18-4)14-9-7-6-8-10-14/h14-17H,2,5-12H2,1,3-4H3. The first-order valence-corrected chi connectivity index (χ1v) is 7.59. The molecule has 18 heavy (non-hydrogen) atoms. The van der Waals surface area contributed by atoms with Crippen molar-refractivity contribution in [3.05, 3.63) is 12.2 Å². The maximum Gasteiger partial charge on any atom is 0.0752 e. The lowest BCUT2D eigenvalue weighted by atomic mass is 9.81. The van der Waals surface area contributed by atoms with Crippen LogP contribution in [0.2, 0.25) is 0 Å². The summed E-state index contributed by atoms with van der Waals surface area (Å²) in [7, 11) is 1.88. The van der Waals surface area contributed by atoms with Crippen LogP contribution < -0.4 is 5.32 Å². The van der Waals surface area contributed by atoms with Gasteiger partial charge in [0.2, 0.25) is 0 Å². The smallest absolute Gasteiger partial charge is 0.0752 e. The molecule has 0 aromatic heterocycles. The average Bonchev–Trinajstić information content (AvgIpc) is 2.38. The van der Waals surface area contributed by atoms with Gasteiger partial charge < -0.3 is 10.1 Å². The molecule has 0 bridgehead atoms. The Morgan fingerprint density at radius 3 is 2.50 bits per heavy atom. The summed E-state index contributed by atoms with van der Waals surface area (Å²) in [6.07, 6.45) is 9.48. The van der Waals surface area contributed by atoms with Crippen molar-refractivity contribution in [1.29, 1.82) is 0 Å². The van der Waals surface area contributed by atoms with Crippen LogP contribution in [0.1, 0.15) is 58.8 Å². The van der Waals surface area contributed by atoms with Crippen molar-refractivity contribution in [2.24, 2.45) is 5.92 Å². The van der Waals surface area contributed by atoms with Crippen molar-refractivity contribution >= 4 is 0 Å². The van der Waals surface area contributed by atoms with Crippen molar-refractivity contribution in [3.8, 4) is 0 Å². The van der Waals surface area contributed by atoms with Crippen molar-refractivity contribution in [2.45, 2.75) is 70.9 Å². The Morgan fingerprint density at radius 1 is 1.33 bits per heavy atom. The molecule has 0 spiro atoms. The first kappa shape index (κ1) is 15.7. The summed E-state index contributed by atoms with van der Waals surface area (Å²) in [4.78, 5) is 0. The largest absolute Gasteiger partial charge is 0.380 e. The molecule has 0 amide bonds. The van der Waals surface area contributed by atoms with Crippen molar-refractivity contribution in [3.63, 3.8) is 0 Å². The predicted octanol–water partition coefficient (Wildman–Crippen LogP) is 3.92. The fourth-order valence-electron chi connectivity index (χ4n) is 3.19. The van der Waals surface area contributed by atoms with Crippen molar-refractivity contribution in [2.75, 3.05) is 13.7 Å². The fraction of sp³-hybridized carbons (Fsp3) is 0.875. The van der Waals surface area contributed by atoms with Gasteiger partial charge in [0.25, 0.3) is 0 Å². The Morgan fingerprint density at radius 2 is 2.00 bits per heavy atom. The zero-order chi connectivity index (χ0) is 13.4. The number of likely N-dealkylation sites (N-methyl/N-ethyl adjacent to an activating group) is 1. The van der Waals surface area contributed by atoms with Gasteiger partial charge >= 0.3 is 0 Å². The Kier molecular flexibility index (Phi) is 7.60. The van der Waals surface area contributed by atoms with Gasteiger partial charge in [0.15, 0.2) is 0 Å². The highest BCUT2D eigenvalue weighted by Crippen LogP contribution is 2.30. The third-order valence-corrected chi connectivity index (χ3v) is 4.13. The Balaban J connectivity index is 2.56. The lowest BCUT2D eigenvalue weighted by Crippen LogP contribution is -2.45. The second-order valence-corrected chi connectivity index (χ2v) is 5.76. The van der Waals surface area contributed by atoms with E-state index in [0.29, 0.717) is 12.1 Å². The molecule has 0 heterocycles. The minimum atomic E-state index is 0.379. The van der Waals surface area contributed by atoms with Crippen LogP contribution in [-0.4, -0.2) is 25.8 Å². The number of nitrogens with one attached hydrogen (secondary N) is 1. The topological polar surface area (TPSA) is 21.3 Å². The molecule has 2 nitrogen and oxygen atoms in total. The van der Waals surface area contributed by atoms with E-state index in [1.807, 2.05) is 7.11 Å². The second-order valence-electron chi connectivity index (χ2n) is 5.76. The molecule has 1 fully saturated rings. The molecule has 2 atom stereocenters. The van der Waals surface area contributed by atoms with Gasteiger partial charge in [-0.05, 0) is 45.1 Å². The van der Waals surface area contributed by atoms with E-state index >= 15 is 0 Å². The zero-order valence-electron chi connectivity index (χ0n) is 12.5. The van der Waals surface area contributed by atoms with Gasteiger partial charge in [-0.2, -0.15) is 0 Å². The van der Waals surface area contributed by atoms with Crippen LogP contribution in [0.4, 0.5) is 0 Å². The summed E-state index contributed by atoms with van der Waals surface area (Å²) in [6, 6.07) is 0.486. The number of rotatable bonds is 8. The quantitative estimate of drug-likeness (QED) is 0.662. The molecular formula is C16H31NO. The molecule has 0 saturated heterocycles. The predicted molar refractivity (Wildman–Crippen MR) is 78.9 cm³/mol. The van der Waals surface area contributed by atoms with Gasteiger partial charge in [-0.25, -0.2) is 0 Å². The summed E-state index contributed by atoms with van der Waals surface area (Å²) in [5, 5.41) is 3.62. The normalized spacial score (nSPS) is 20.6. The Labute approximate surface area is 113 Å². The lowest BCUT2D eigenvalue weighted by molar-refractivity contribution is 0.00660. The third kappa shape index (κ3) is 5.11.